The number of ether oxygens (including phenoxy) is 2. The number of thioether (sulfide) groups is 1. The summed E-state index contributed by atoms with van der Waals surface area (Å²) in [6.07, 6.45) is 3.34. The first kappa shape index (κ1) is 26.8. The minimum Gasteiger partial charge on any atom is -0.405 e. The largest absolute Gasteiger partial charge is 0.573 e. The van der Waals surface area contributed by atoms with Gasteiger partial charge in [0, 0.05) is 22.3 Å². The standard InChI is InChI=1S/C31H30F3N3O3S/c1-17-5-4-7-24-27(17)35-15-26(36-24)41-30-19-11-12-20(30)14-21(13-19)38-16-23-28(37-40-29(23)18-9-10-18)22-6-2-3-8-25(22)39-31(32,33)34/h2-8,15,18-21,30H,9-14,16H2,1H3. The SMILES string of the molecule is Cc1cccc2nc(SC3C4CCC3CC(OCc3c(-c5ccccc5OC(F)(F)F)noc3C3CC3)C4)cnc12. The molecule has 2 aromatic heterocycles. The summed E-state index contributed by atoms with van der Waals surface area (Å²) in [6.45, 7) is 2.30. The molecule has 2 bridgehead atoms. The highest BCUT2D eigenvalue weighted by atomic mass is 32.2. The molecule has 0 aliphatic heterocycles. The minimum atomic E-state index is -4.80. The van der Waals surface area contributed by atoms with Crippen LogP contribution in [0.1, 0.15) is 61.3 Å². The van der Waals surface area contributed by atoms with E-state index >= 15 is 0 Å². The summed E-state index contributed by atoms with van der Waals surface area (Å²) in [6, 6.07) is 12.2. The molecule has 7 rings (SSSR count). The van der Waals surface area contributed by atoms with Crippen molar-refractivity contribution in [2.45, 2.75) is 80.7 Å². The molecule has 0 spiro atoms. The average Bonchev–Trinajstić information content (AvgIpc) is 3.66. The van der Waals surface area contributed by atoms with Crippen molar-refractivity contribution in [2.75, 3.05) is 0 Å². The molecule has 2 atom stereocenters. The molecule has 41 heavy (non-hydrogen) atoms. The highest BCUT2D eigenvalue weighted by molar-refractivity contribution is 7.99. The van der Waals surface area contributed by atoms with Gasteiger partial charge in [-0.25, -0.2) is 4.98 Å². The van der Waals surface area contributed by atoms with Crippen LogP contribution in [0.25, 0.3) is 22.3 Å². The zero-order chi connectivity index (χ0) is 28.1. The fourth-order valence-electron chi connectivity index (χ4n) is 6.53. The maximum Gasteiger partial charge on any atom is 0.573 e. The molecule has 214 valence electrons. The number of aromatic nitrogens is 3. The molecule has 2 unspecified atom stereocenters. The van der Waals surface area contributed by atoms with Crippen LogP contribution in [0.15, 0.2) is 58.2 Å². The van der Waals surface area contributed by atoms with E-state index in [1.165, 1.54) is 12.1 Å². The summed E-state index contributed by atoms with van der Waals surface area (Å²) in [5.41, 5.74) is 4.36. The van der Waals surface area contributed by atoms with Crippen molar-refractivity contribution in [2.24, 2.45) is 11.8 Å². The van der Waals surface area contributed by atoms with Gasteiger partial charge < -0.3 is 14.0 Å². The Morgan fingerprint density at radius 1 is 1.00 bits per heavy atom. The first-order chi connectivity index (χ1) is 19.8. The van der Waals surface area contributed by atoms with E-state index in [9.17, 15) is 13.2 Å². The third kappa shape index (κ3) is 5.56. The smallest absolute Gasteiger partial charge is 0.405 e. The Bertz CT molecular complexity index is 1560. The van der Waals surface area contributed by atoms with E-state index in [1.54, 1.807) is 12.1 Å². The van der Waals surface area contributed by atoms with Gasteiger partial charge in [0.2, 0.25) is 0 Å². The van der Waals surface area contributed by atoms with Gasteiger partial charge in [0.15, 0.2) is 0 Å². The van der Waals surface area contributed by atoms with Gasteiger partial charge in [0.1, 0.15) is 22.2 Å². The number of alkyl halides is 3. The minimum absolute atomic E-state index is 0.0751. The number of hydrogen-bond acceptors (Lipinski definition) is 7. The second-order valence-corrected chi connectivity index (χ2v) is 12.6. The van der Waals surface area contributed by atoms with Crippen molar-refractivity contribution >= 4 is 22.8 Å². The van der Waals surface area contributed by atoms with Crippen molar-refractivity contribution in [1.29, 1.82) is 0 Å². The summed E-state index contributed by atoms with van der Waals surface area (Å²) in [4.78, 5) is 9.57. The number of halogens is 3. The zero-order valence-electron chi connectivity index (χ0n) is 22.6. The number of nitrogens with zero attached hydrogens (tertiary/aromatic N) is 3. The van der Waals surface area contributed by atoms with Crippen LogP contribution in [0, 0.1) is 18.8 Å². The maximum absolute atomic E-state index is 13.1. The van der Waals surface area contributed by atoms with E-state index in [-0.39, 0.29) is 29.9 Å². The van der Waals surface area contributed by atoms with Crippen LogP contribution in [0.5, 0.6) is 5.75 Å². The fraction of sp³-hybridized carbons (Fsp3) is 0.452. The normalized spacial score (nSPS) is 24.2. The van der Waals surface area contributed by atoms with Crippen molar-refractivity contribution in [3.8, 4) is 17.0 Å². The van der Waals surface area contributed by atoms with E-state index < -0.39 is 6.36 Å². The van der Waals surface area contributed by atoms with Gasteiger partial charge in [-0.2, -0.15) is 0 Å². The Labute approximate surface area is 240 Å². The molecule has 0 N–H and O–H groups in total. The van der Waals surface area contributed by atoms with E-state index in [4.69, 9.17) is 14.2 Å². The van der Waals surface area contributed by atoms with Crippen molar-refractivity contribution in [3.05, 3.63) is 65.5 Å². The number of hydrogen-bond donors (Lipinski definition) is 0. The van der Waals surface area contributed by atoms with Crippen molar-refractivity contribution in [3.63, 3.8) is 0 Å². The molecule has 3 aliphatic rings. The summed E-state index contributed by atoms with van der Waals surface area (Å²) < 4.78 is 55.8. The lowest BCUT2D eigenvalue weighted by molar-refractivity contribution is -0.274. The summed E-state index contributed by atoms with van der Waals surface area (Å²) >= 11 is 1.84. The van der Waals surface area contributed by atoms with Gasteiger partial charge in [0.05, 0.1) is 29.9 Å². The van der Waals surface area contributed by atoms with Crippen molar-refractivity contribution in [1.82, 2.24) is 15.1 Å². The molecule has 3 aliphatic carbocycles. The predicted octanol–water partition coefficient (Wildman–Crippen LogP) is 8.24. The van der Waals surface area contributed by atoms with Gasteiger partial charge in [0.25, 0.3) is 0 Å². The molecule has 0 amide bonds. The van der Waals surface area contributed by atoms with Crippen LogP contribution < -0.4 is 4.74 Å². The van der Waals surface area contributed by atoms with Crippen molar-refractivity contribution < 1.29 is 27.2 Å². The molecule has 6 nitrogen and oxygen atoms in total. The summed E-state index contributed by atoms with van der Waals surface area (Å²) in [5, 5.41) is 5.65. The lowest BCUT2D eigenvalue weighted by Gasteiger charge is -2.34. The lowest BCUT2D eigenvalue weighted by Crippen LogP contribution is -2.32. The maximum atomic E-state index is 13.1. The fourth-order valence-corrected chi connectivity index (χ4v) is 7.95. The van der Waals surface area contributed by atoms with Gasteiger partial charge in [-0.15, -0.1) is 24.9 Å². The van der Waals surface area contributed by atoms with Gasteiger partial charge in [-0.3, -0.25) is 4.98 Å². The number of fused-ring (bicyclic) bond motifs is 3. The highest BCUT2D eigenvalue weighted by Crippen LogP contribution is 2.51. The molecule has 0 radical (unpaired) electrons. The first-order valence-corrected chi connectivity index (χ1v) is 15.0. The third-order valence-electron chi connectivity index (χ3n) is 8.57. The second-order valence-electron chi connectivity index (χ2n) is 11.4. The average molecular weight is 582 g/mol. The quantitative estimate of drug-likeness (QED) is 0.208. The molecule has 3 fully saturated rings. The monoisotopic (exact) mass is 581 g/mol. The Hall–Kier alpha value is -3.11. The van der Waals surface area contributed by atoms with Crippen LogP contribution in [0.4, 0.5) is 13.2 Å². The Balaban J connectivity index is 1.06. The van der Waals surface area contributed by atoms with Gasteiger partial charge >= 0.3 is 6.36 Å². The van der Waals surface area contributed by atoms with Crippen LogP contribution in [0.3, 0.4) is 0 Å². The molecule has 3 saturated carbocycles. The highest BCUT2D eigenvalue weighted by Gasteiger charge is 2.44. The topological polar surface area (TPSA) is 70.3 Å². The number of rotatable bonds is 8. The third-order valence-corrected chi connectivity index (χ3v) is 10.1. The van der Waals surface area contributed by atoms with Crippen LogP contribution >= 0.6 is 11.8 Å². The Morgan fingerprint density at radius 3 is 2.54 bits per heavy atom. The molecular weight excluding hydrogens is 551 g/mol. The molecule has 10 heteroatoms. The van der Waals surface area contributed by atoms with Crippen LogP contribution in [0.2, 0.25) is 0 Å². The predicted molar refractivity (Wildman–Crippen MR) is 149 cm³/mol. The van der Waals surface area contributed by atoms with E-state index in [0.29, 0.717) is 22.8 Å². The van der Waals surface area contributed by atoms with E-state index in [0.717, 1.165) is 71.5 Å². The number of aryl methyl sites for hydroxylation is 1. The lowest BCUT2D eigenvalue weighted by atomic mass is 9.86. The van der Waals surface area contributed by atoms with Gasteiger partial charge in [-0.1, -0.05) is 29.4 Å². The molecule has 4 aromatic rings. The Kier molecular flexibility index (Phi) is 6.93. The van der Waals surface area contributed by atoms with E-state index in [2.05, 4.69) is 27.9 Å². The molecule has 2 heterocycles. The summed E-state index contributed by atoms with van der Waals surface area (Å²) in [7, 11) is 0. The number of para-hydroxylation sites is 2. The molecular formula is C31H30F3N3O3S. The first-order valence-electron chi connectivity index (χ1n) is 14.2. The second kappa shape index (κ2) is 10.6. The van der Waals surface area contributed by atoms with Crippen LogP contribution in [-0.4, -0.2) is 32.8 Å². The van der Waals surface area contributed by atoms with Crippen LogP contribution in [-0.2, 0) is 11.3 Å². The van der Waals surface area contributed by atoms with E-state index in [1.807, 2.05) is 30.1 Å². The van der Waals surface area contributed by atoms with Gasteiger partial charge in [-0.05, 0) is 81.0 Å². The molecule has 0 saturated heterocycles. The molecule has 2 aromatic carbocycles. The zero-order valence-corrected chi connectivity index (χ0v) is 23.4. The Morgan fingerprint density at radius 2 is 1.78 bits per heavy atom. The summed E-state index contributed by atoms with van der Waals surface area (Å²) in [5.74, 6) is 1.70. The number of benzene rings is 2.